The standard InChI is InChI=1S/C21H26N4O/c1-15-12-16(6-8-19(15)26-2)21-18(14-24-10-4-3-5-11-24)25-13-17(22)7-9-20(25)23-21/h6-9,12-13H,3-5,10-11,14,22H2,1-2H3. The van der Waals surface area contributed by atoms with Gasteiger partial charge in [-0.15, -0.1) is 0 Å². The van der Waals surface area contributed by atoms with Gasteiger partial charge in [0.05, 0.1) is 18.5 Å². The number of pyridine rings is 1. The molecule has 1 aliphatic rings. The van der Waals surface area contributed by atoms with Gasteiger partial charge in [-0.05, 0) is 68.8 Å². The van der Waals surface area contributed by atoms with Crippen LogP contribution in [0.15, 0.2) is 36.5 Å². The van der Waals surface area contributed by atoms with Crippen LogP contribution in [0.3, 0.4) is 0 Å². The zero-order valence-corrected chi connectivity index (χ0v) is 15.5. The highest BCUT2D eigenvalue weighted by molar-refractivity contribution is 5.69. The Balaban J connectivity index is 1.82. The van der Waals surface area contributed by atoms with Crippen LogP contribution >= 0.6 is 0 Å². The Labute approximate surface area is 154 Å². The van der Waals surface area contributed by atoms with Crippen molar-refractivity contribution < 1.29 is 4.74 Å². The van der Waals surface area contributed by atoms with Crippen molar-refractivity contribution in [1.29, 1.82) is 0 Å². The number of ether oxygens (including phenoxy) is 1. The number of nitrogens with two attached hydrogens (primary N) is 1. The maximum absolute atomic E-state index is 6.06. The number of fused-ring (bicyclic) bond motifs is 1. The number of nitrogens with zero attached hydrogens (tertiary/aromatic N) is 3. The molecule has 2 N–H and O–H groups in total. The molecular formula is C21H26N4O. The number of nitrogen functional groups attached to an aromatic ring is 1. The number of likely N-dealkylation sites (tertiary alicyclic amines) is 1. The molecule has 3 aromatic rings. The quantitative estimate of drug-likeness (QED) is 0.776. The minimum absolute atomic E-state index is 0.757. The predicted octanol–water partition coefficient (Wildman–Crippen LogP) is 3.89. The van der Waals surface area contributed by atoms with E-state index in [0.717, 1.165) is 53.5 Å². The Bertz CT molecular complexity index is 925. The van der Waals surface area contributed by atoms with Crippen LogP contribution in [-0.4, -0.2) is 34.5 Å². The van der Waals surface area contributed by atoms with Gasteiger partial charge < -0.3 is 14.9 Å². The molecule has 1 aromatic carbocycles. The molecule has 136 valence electrons. The summed E-state index contributed by atoms with van der Waals surface area (Å²) in [6, 6.07) is 10.2. The lowest BCUT2D eigenvalue weighted by molar-refractivity contribution is 0.218. The summed E-state index contributed by atoms with van der Waals surface area (Å²) in [6.45, 7) is 5.26. The Morgan fingerprint density at radius 1 is 1.12 bits per heavy atom. The molecule has 5 nitrogen and oxygen atoms in total. The fraction of sp³-hybridized carbons (Fsp3) is 0.381. The van der Waals surface area contributed by atoms with Crippen molar-refractivity contribution in [2.45, 2.75) is 32.7 Å². The molecule has 26 heavy (non-hydrogen) atoms. The van der Waals surface area contributed by atoms with Crippen LogP contribution in [0.2, 0.25) is 0 Å². The minimum Gasteiger partial charge on any atom is -0.496 e. The van der Waals surface area contributed by atoms with E-state index in [1.807, 2.05) is 24.4 Å². The number of hydrogen-bond acceptors (Lipinski definition) is 4. The van der Waals surface area contributed by atoms with Crippen LogP contribution in [0, 0.1) is 6.92 Å². The van der Waals surface area contributed by atoms with Crippen molar-refractivity contribution >= 4 is 11.3 Å². The Morgan fingerprint density at radius 2 is 1.92 bits per heavy atom. The van der Waals surface area contributed by atoms with Gasteiger partial charge in [0.15, 0.2) is 0 Å². The Kier molecular flexibility index (Phi) is 4.55. The van der Waals surface area contributed by atoms with Gasteiger partial charge in [0.2, 0.25) is 0 Å². The first-order valence-electron chi connectivity index (χ1n) is 9.29. The van der Waals surface area contributed by atoms with Gasteiger partial charge in [0.1, 0.15) is 11.4 Å². The van der Waals surface area contributed by atoms with E-state index in [-0.39, 0.29) is 0 Å². The van der Waals surface area contributed by atoms with E-state index < -0.39 is 0 Å². The second kappa shape index (κ2) is 7.00. The van der Waals surface area contributed by atoms with E-state index in [2.05, 4.69) is 28.4 Å². The lowest BCUT2D eigenvalue weighted by Gasteiger charge is -2.26. The number of imidazole rings is 1. The lowest BCUT2D eigenvalue weighted by atomic mass is 10.1. The molecular weight excluding hydrogens is 324 g/mol. The van der Waals surface area contributed by atoms with Gasteiger partial charge in [-0.25, -0.2) is 4.98 Å². The Hall–Kier alpha value is -2.53. The van der Waals surface area contributed by atoms with Gasteiger partial charge in [-0.3, -0.25) is 4.90 Å². The zero-order valence-electron chi connectivity index (χ0n) is 15.5. The van der Waals surface area contributed by atoms with Crippen LogP contribution in [-0.2, 0) is 6.54 Å². The van der Waals surface area contributed by atoms with Crippen molar-refractivity contribution in [2.75, 3.05) is 25.9 Å². The smallest absolute Gasteiger partial charge is 0.137 e. The molecule has 4 rings (SSSR count). The van der Waals surface area contributed by atoms with E-state index >= 15 is 0 Å². The number of benzene rings is 1. The summed E-state index contributed by atoms with van der Waals surface area (Å²) in [7, 11) is 1.71. The van der Waals surface area contributed by atoms with Crippen molar-refractivity contribution in [2.24, 2.45) is 0 Å². The molecule has 3 heterocycles. The van der Waals surface area contributed by atoms with Crippen LogP contribution in [0.5, 0.6) is 5.75 Å². The molecule has 0 unspecified atom stereocenters. The molecule has 1 fully saturated rings. The first-order chi connectivity index (χ1) is 12.7. The number of piperidine rings is 1. The van der Waals surface area contributed by atoms with Crippen molar-refractivity contribution in [3.8, 4) is 17.0 Å². The largest absolute Gasteiger partial charge is 0.496 e. The van der Waals surface area contributed by atoms with E-state index in [0.29, 0.717) is 0 Å². The van der Waals surface area contributed by atoms with Gasteiger partial charge >= 0.3 is 0 Å². The van der Waals surface area contributed by atoms with Gasteiger partial charge in [0.25, 0.3) is 0 Å². The highest BCUT2D eigenvalue weighted by atomic mass is 16.5. The van der Waals surface area contributed by atoms with Crippen LogP contribution < -0.4 is 10.5 Å². The van der Waals surface area contributed by atoms with E-state index in [1.165, 1.54) is 25.0 Å². The summed E-state index contributed by atoms with van der Waals surface area (Å²) < 4.78 is 7.56. The maximum Gasteiger partial charge on any atom is 0.137 e. The fourth-order valence-electron chi connectivity index (χ4n) is 3.85. The summed E-state index contributed by atoms with van der Waals surface area (Å²) in [4.78, 5) is 7.45. The molecule has 1 aliphatic heterocycles. The molecule has 0 atom stereocenters. The van der Waals surface area contributed by atoms with E-state index in [1.54, 1.807) is 7.11 Å². The highest BCUT2D eigenvalue weighted by Gasteiger charge is 2.19. The monoisotopic (exact) mass is 350 g/mol. The zero-order chi connectivity index (χ0) is 18.1. The summed E-state index contributed by atoms with van der Waals surface area (Å²) in [5, 5.41) is 0. The number of aromatic nitrogens is 2. The predicted molar refractivity (Wildman–Crippen MR) is 105 cm³/mol. The molecule has 0 amide bonds. The van der Waals surface area contributed by atoms with Crippen LogP contribution in [0.4, 0.5) is 5.69 Å². The van der Waals surface area contributed by atoms with Crippen molar-refractivity contribution in [3.05, 3.63) is 47.8 Å². The SMILES string of the molecule is COc1ccc(-c2nc3ccc(N)cn3c2CN2CCCCC2)cc1C. The first kappa shape index (κ1) is 16.9. The molecule has 2 aromatic heterocycles. The lowest BCUT2D eigenvalue weighted by Crippen LogP contribution is -2.29. The van der Waals surface area contributed by atoms with Gasteiger partial charge in [-0.2, -0.15) is 0 Å². The molecule has 0 aliphatic carbocycles. The van der Waals surface area contributed by atoms with E-state index in [4.69, 9.17) is 15.5 Å². The average molecular weight is 350 g/mol. The number of hydrogen-bond donors (Lipinski definition) is 1. The third kappa shape index (κ3) is 3.15. The summed E-state index contributed by atoms with van der Waals surface area (Å²) in [5.74, 6) is 0.902. The van der Waals surface area contributed by atoms with Gasteiger partial charge in [-0.1, -0.05) is 6.42 Å². The third-order valence-electron chi connectivity index (χ3n) is 5.23. The average Bonchev–Trinajstić information content (AvgIpc) is 3.00. The van der Waals surface area contributed by atoms with Gasteiger partial charge in [0, 0.05) is 24.0 Å². The first-order valence-corrected chi connectivity index (χ1v) is 9.29. The highest BCUT2D eigenvalue weighted by Crippen LogP contribution is 2.30. The summed E-state index contributed by atoms with van der Waals surface area (Å²) in [6.07, 6.45) is 5.87. The molecule has 0 radical (unpaired) electrons. The van der Waals surface area contributed by atoms with Crippen LogP contribution in [0.1, 0.15) is 30.5 Å². The summed E-state index contributed by atoms with van der Waals surface area (Å²) in [5.41, 5.74) is 12.2. The number of aryl methyl sites for hydroxylation is 1. The molecule has 0 spiro atoms. The van der Waals surface area contributed by atoms with E-state index in [9.17, 15) is 0 Å². The second-order valence-corrected chi connectivity index (χ2v) is 7.12. The molecule has 5 heteroatoms. The third-order valence-corrected chi connectivity index (χ3v) is 5.23. The fourth-order valence-corrected chi connectivity index (χ4v) is 3.85. The second-order valence-electron chi connectivity index (χ2n) is 7.12. The molecule has 1 saturated heterocycles. The summed E-state index contributed by atoms with van der Waals surface area (Å²) >= 11 is 0. The van der Waals surface area contributed by atoms with Crippen LogP contribution in [0.25, 0.3) is 16.9 Å². The molecule has 0 saturated carbocycles. The number of methoxy groups -OCH3 is 1. The number of anilines is 1. The normalized spacial score (nSPS) is 15.5. The minimum atomic E-state index is 0.757. The maximum atomic E-state index is 6.06. The topological polar surface area (TPSA) is 55.8 Å². The number of rotatable bonds is 4. The van der Waals surface area contributed by atoms with Crippen molar-refractivity contribution in [3.63, 3.8) is 0 Å². The molecule has 0 bridgehead atoms. The Morgan fingerprint density at radius 3 is 2.65 bits per heavy atom. The van der Waals surface area contributed by atoms with Crippen molar-refractivity contribution in [1.82, 2.24) is 14.3 Å².